The first-order valence-electron chi connectivity index (χ1n) is 9.33. The number of anilines is 1. The standard InChI is InChI=1S/C21H21BrF2N2O4/c1-29-17-7-6-13(10-18(17)30-21(23)24)8-9-25-20(28)14-11-19(27)26(12-14)16-5-3-2-4-15(16)22/h2-7,10,14,21H,8-9,11-12H2,1H3,(H,25,28). The van der Waals surface area contributed by atoms with Crippen molar-refractivity contribution in [2.24, 2.45) is 5.92 Å². The van der Waals surface area contributed by atoms with Crippen LogP contribution in [0.2, 0.25) is 0 Å². The molecule has 1 atom stereocenters. The Kier molecular flexibility index (Phi) is 7.25. The van der Waals surface area contributed by atoms with E-state index in [1.165, 1.54) is 13.2 Å². The van der Waals surface area contributed by atoms with Crippen LogP contribution in [0.25, 0.3) is 0 Å². The van der Waals surface area contributed by atoms with Gasteiger partial charge >= 0.3 is 6.61 Å². The largest absolute Gasteiger partial charge is 0.493 e. The molecule has 1 heterocycles. The molecular formula is C21H21BrF2N2O4. The molecule has 1 fully saturated rings. The average molecular weight is 483 g/mol. The van der Waals surface area contributed by atoms with Gasteiger partial charge in [-0.15, -0.1) is 0 Å². The van der Waals surface area contributed by atoms with Crippen molar-refractivity contribution in [2.75, 3.05) is 25.1 Å². The van der Waals surface area contributed by atoms with Gasteiger partial charge in [0.05, 0.1) is 18.7 Å². The van der Waals surface area contributed by atoms with Crippen LogP contribution in [0, 0.1) is 5.92 Å². The fourth-order valence-corrected chi connectivity index (χ4v) is 3.82. The van der Waals surface area contributed by atoms with Crippen LogP contribution in [-0.2, 0) is 16.0 Å². The number of nitrogens with zero attached hydrogens (tertiary/aromatic N) is 1. The third-order valence-electron chi connectivity index (χ3n) is 4.80. The molecule has 0 saturated carbocycles. The number of rotatable bonds is 8. The predicted molar refractivity (Wildman–Crippen MR) is 111 cm³/mol. The minimum atomic E-state index is -2.96. The highest BCUT2D eigenvalue weighted by molar-refractivity contribution is 9.10. The summed E-state index contributed by atoms with van der Waals surface area (Å²) in [5.41, 5.74) is 1.45. The van der Waals surface area contributed by atoms with E-state index in [1.807, 2.05) is 24.3 Å². The van der Waals surface area contributed by atoms with Crippen LogP contribution in [0.4, 0.5) is 14.5 Å². The van der Waals surface area contributed by atoms with E-state index < -0.39 is 12.5 Å². The van der Waals surface area contributed by atoms with Crippen molar-refractivity contribution in [3.63, 3.8) is 0 Å². The maximum Gasteiger partial charge on any atom is 0.387 e. The second-order valence-electron chi connectivity index (χ2n) is 6.76. The molecule has 1 N–H and O–H groups in total. The molecule has 1 saturated heterocycles. The molecule has 0 aromatic heterocycles. The summed E-state index contributed by atoms with van der Waals surface area (Å²) in [6, 6.07) is 12.1. The molecule has 0 spiro atoms. The molecule has 3 rings (SSSR count). The van der Waals surface area contributed by atoms with Crippen molar-refractivity contribution in [1.82, 2.24) is 5.32 Å². The van der Waals surface area contributed by atoms with E-state index in [0.29, 0.717) is 25.1 Å². The topological polar surface area (TPSA) is 67.9 Å². The molecule has 1 unspecified atom stereocenters. The molecule has 9 heteroatoms. The zero-order chi connectivity index (χ0) is 21.7. The molecule has 0 aliphatic carbocycles. The lowest BCUT2D eigenvalue weighted by Gasteiger charge is -2.18. The summed E-state index contributed by atoms with van der Waals surface area (Å²) in [4.78, 5) is 26.5. The van der Waals surface area contributed by atoms with E-state index in [1.54, 1.807) is 17.0 Å². The van der Waals surface area contributed by atoms with Crippen LogP contribution in [0.3, 0.4) is 0 Å². The van der Waals surface area contributed by atoms with E-state index in [-0.39, 0.29) is 29.7 Å². The quantitative estimate of drug-likeness (QED) is 0.621. The highest BCUT2D eigenvalue weighted by Gasteiger charge is 2.35. The monoisotopic (exact) mass is 482 g/mol. The number of alkyl halides is 2. The van der Waals surface area contributed by atoms with Gasteiger partial charge in [-0.3, -0.25) is 9.59 Å². The summed E-state index contributed by atoms with van der Waals surface area (Å²) < 4.78 is 35.4. The van der Waals surface area contributed by atoms with Crippen molar-refractivity contribution in [3.05, 3.63) is 52.5 Å². The lowest BCUT2D eigenvalue weighted by atomic mass is 10.1. The molecular weight excluding hydrogens is 462 g/mol. The summed E-state index contributed by atoms with van der Waals surface area (Å²) >= 11 is 3.43. The number of carbonyl (C=O) groups is 2. The van der Waals surface area contributed by atoms with E-state index in [0.717, 1.165) is 10.2 Å². The Hall–Kier alpha value is -2.68. The minimum absolute atomic E-state index is 0.0539. The summed E-state index contributed by atoms with van der Waals surface area (Å²) in [6.45, 7) is -2.34. The Morgan fingerprint density at radius 2 is 2.03 bits per heavy atom. The second kappa shape index (κ2) is 9.88. The van der Waals surface area contributed by atoms with Crippen molar-refractivity contribution in [2.45, 2.75) is 19.5 Å². The minimum Gasteiger partial charge on any atom is -0.493 e. The van der Waals surface area contributed by atoms with Gasteiger partial charge in [0, 0.05) is 24.0 Å². The fourth-order valence-electron chi connectivity index (χ4n) is 3.33. The van der Waals surface area contributed by atoms with E-state index >= 15 is 0 Å². The van der Waals surface area contributed by atoms with Crippen molar-refractivity contribution >= 4 is 33.4 Å². The zero-order valence-corrected chi connectivity index (χ0v) is 17.8. The molecule has 6 nitrogen and oxygen atoms in total. The van der Waals surface area contributed by atoms with Gasteiger partial charge in [0.1, 0.15) is 0 Å². The number of carbonyl (C=O) groups excluding carboxylic acids is 2. The van der Waals surface area contributed by atoms with Crippen LogP contribution in [0.1, 0.15) is 12.0 Å². The van der Waals surface area contributed by atoms with Gasteiger partial charge in [0.15, 0.2) is 11.5 Å². The number of benzene rings is 2. The maximum atomic E-state index is 12.5. The van der Waals surface area contributed by atoms with Gasteiger partial charge in [-0.2, -0.15) is 8.78 Å². The average Bonchev–Trinajstić information content (AvgIpc) is 3.09. The van der Waals surface area contributed by atoms with Gasteiger partial charge in [-0.25, -0.2) is 0 Å². The number of para-hydroxylation sites is 1. The van der Waals surface area contributed by atoms with Gasteiger partial charge < -0.3 is 19.7 Å². The van der Waals surface area contributed by atoms with E-state index in [2.05, 4.69) is 26.0 Å². The van der Waals surface area contributed by atoms with E-state index in [4.69, 9.17) is 4.74 Å². The Balaban J connectivity index is 1.55. The Morgan fingerprint density at radius 3 is 2.73 bits per heavy atom. The number of methoxy groups -OCH3 is 1. The lowest BCUT2D eigenvalue weighted by Crippen LogP contribution is -2.34. The van der Waals surface area contributed by atoms with Gasteiger partial charge in [-0.1, -0.05) is 18.2 Å². The highest BCUT2D eigenvalue weighted by atomic mass is 79.9. The summed E-state index contributed by atoms with van der Waals surface area (Å²) in [6.07, 6.45) is 0.562. The Labute approximate surface area is 181 Å². The third kappa shape index (κ3) is 5.27. The van der Waals surface area contributed by atoms with Gasteiger partial charge in [-0.05, 0) is 52.2 Å². The smallest absolute Gasteiger partial charge is 0.387 e. The number of hydrogen-bond donors (Lipinski definition) is 1. The van der Waals surface area contributed by atoms with Crippen molar-refractivity contribution in [1.29, 1.82) is 0 Å². The number of amides is 2. The van der Waals surface area contributed by atoms with Gasteiger partial charge in [0.2, 0.25) is 11.8 Å². The molecule has 0 radical (unpaired) electrons. The third-order valence-corrected chi connectivity index (χ3v) is 5.47. The number of halogens is 3. The van der Waals surface area contributed by atoms with Crippen molar-refractivity contribution < 1.29 is 27.8 Å². The molecule has 0 bridgehead atoms. The van der Waals surface area contributed by atoms with Crippen LogP contribution < -0.4 is 19.7 Å². The lowest BCUT2D eigenvalue weighted by molar-refractivity contribution is -0.126. The van der Waals surface area contributed by atoms with Crippen molar-refractivity contribution in [3.8, 4) is 11.5 Å². The Bertz CT molecular complexity index is 926. The van der Waals surface area contributed by atoms with Crippen LogP contribution in [0.15, 0.2) is 46.9 Å². The highest BCUT2D eigenvalue weighted by Crippen LogP contribution is 2.32. The normalized spacial score (nSPS) is 16.1. The Morgan fingerprint density at radius 1 is 1.27 bits per heavy atom. The second-order valence-corrected chi connectivity index (χ2v) is 7.62. The molecule has 30 heavy (non-hydrogen) atoms. The van der Waals surface area contributed by atoms with Crippen LogP contribution >= 0.6 is 15.9 Å². The molecule has 160 valence electrons. The fraction of sp³-hybridized carbons (Fsp3) is 0.333. The number of hydrogen-bond acceptors (Lipinski definition) is 4. The van der Waals surface area contributed by atoms with Gasteiger partial charge in [0.25, 0.3) is 0 Å². The molecule has 2 aromatic carbocycles. The summed E-state index contributed by atoms with van der Waals surface area (Å²) in [7, 11) is 1.37. The van der Waals surface area contributed by atoms with Crippen LogP contribution in [-0.4, -0.2) is 38.6 Å². The molecule has 2 amide bonds. The molecule has 2 aromatic rings. The molecule has 1 aliphatic heterocycles. The van der Waals surface area contributed by atoms with E-state index in [9.17, 15) is 18.4 Å². The van der Waals surface area contributed by atoms with Crippen LogP contribution in [0.5, 0.6) is 11.5 Å². The summed E-state index contributed by atoms with van der Waals surface area (Å²) in [5.74, 6) is -0.610. The summed E-state index contributed by atoms with van der Waals surface area (Å²) in [5, 5.41) is 2.82. The zero-order valence-electron chi connectivity index (χ0n) is 16.2. The first-order chi connectivity index (χ1) is 14.4. The predicted octanol–water partition coefficient (Wildman–Crippen LogP) is 3.77. The first kappa shape index (κ1) is 22.0. The maximum absolute atomic E-state index is 12.5. The first-order valence-corrected chi connectivity index (χ1v) is 10.1. The molecule has 1 aliphatic rings. The SMILES string of the molecule is COc1ccc(CCNC(=O)C2CC(=O)N(c3ccccc3Br)C2)cc1OC(F)F. The number of ether oxygens (including phenoxy) is 2. The number of nitrogens with one attached hydrogen (secondary N) is 1.